The quantitative estimate of drug-likeness (QED) is 0.840. The van der Waals surface area contributed by atoms with Crippen LogP contribution in [0.1, 0.15) is 0 Å². The maximum absolute atomic E-state index is 13.6. The highest BCUT2D eigenvalue weighted by Crippen LogP contribution is 2.18. The number of para-hydroxylation sites is 1. The highest BCUT2D eigenvalue weighted by molar-refractivity contribution is 6.39. The fourth-order valence-electron chi connectivity index (χ4n) is 2.61. The van der Waals surface area contributed by atoms with Crippen molar-refractivity contribution >= 4 is 23.3 Å². The van der Waals surface area contributed by atoms with E-state index in [1.54, 1.807) is 6.20 Å². The third kappa shape index (κ3) is 3.73. The molecule has 0 unspecified atom stereocenters. The summed E-state index contributed by atoms with van der Waals surface area (Å²) in [6.07, 6.45) is 1.68. The van der Waals surface area contributed by atoms with Gasteiger partial charge < -0.3 is 15.1 Å². The first-order valence-electron chi connectivity index (χ1n) is 7.76. The van der Waals surface area contributed by atoms with E-state index >= 15 is 0 Å². The van der Waals surface area contributed by atoms with Crippen LogP contribution in [0.15, 0.2) is 42.6 Å². The first-order chi connectivity index (χ1) is 12.1. The predicted molar refractivity (Wildman–Crippen MR) is 88.0 cm³/mol. The van der Waals surface area contributed by atoms with Crippen LogP contribution in [0.25, 0.3) is 0 Å². The Morgan fingerprint density at radius 3 is 2.24 bits per heavy atom. The van der Waals surface area contributed by atoms with Crippen LogP contribution in [0.2, 0.25) is 0 Å². The van der Waals surface area contributed by atoms with Crippen LogP contribution < -0.4 is 10.2 Å². The number of benzene rings is 1. The lowest BCUT2D eigenvalue weighted by Crippen LogP contribution is -2.51. The van der Waals surface area contributed by atoms with Gasteiger partial charge in [-0.1, -0.05) is 12.1 Å². The van der Waals surface area contributed by atoms with Crippen molar-refractivity contribution in [3.63, 3.8) is 0 Å². The topological polar surface area (TPSA) is 65.5 Å². The van der Waals surface area contributed by atoms with Crippen LogP contribution in [-0.2, 0) is 9.59 Å². The van der Waals surface area contributed by atoms with Crippen molar-refractivity contribution in [2.75, 3.05) is 36.4 Å². The second-order valence-electron chi connectivity index (χ2n) is 5.52. The Balaban J connectivity index is 1.60. The number of hydrogen-bond donors (Lipinski definition) is 1. The molecule has 25 heavy (non-hydrogen) atoms. The molecule has 0 spiro atoms. The summed E-state index contributed by atoms with van der Waals surface area (Å²) in [5.74, 6) is -2.94. The van der Waals surface area contributed by atoms with Crippen molar-refractivity contribution in [1.82, 2.24) is 9.88 Å². The Bertz CT molecular complexity index is 757. The molecule has 1 aromatic carbocycles. The fraction of sp³-hybridized carbons (Fsp3) is 0.235. The molecule has 2 aromatic rings. The van der Waals surface area contributed by atoms with Gasteiger partial charge in [-0.15, -0.1) is 0 Å². The summed E-state index contributed by atoms with van der Waals surface area (Å²) in [6.45, 7) is 1.68. The number of halogens is 2. The van der Waals surface area contributed by atoms with E-state index in [0.29, 0.717) is 26.2 Å². The molecular weight excluding hydrogens is 330 g/mol. The van der Waals surface area contributed by atoms with E-state index in [9.17, 15) is 18.4 Å². The lowest BCUT2D eigenvalue weighted by Gasteiger charge is -2.34. The van der Waals surface area contributed by atoms with Gasteiger partial charge in [-0.25, -0.2) is 13.8 Å². The number of carbonyl (C=O) groups excluding carboxylic acids is 2. The highest BCUT2D eigenvalue weighted by Gasteiger charge is 2.27. The molecule has 1 N–H and O–H groups in total. The number of rotatable bonds is 2. The van der Waals surface area contributed by atoms with Crippen molar-refractivity contribution in [3.8, 4) is 0 Å². The van der Waals surface area contributed by atoms with Crippen LogP contribution in [0.3, 0.4) is 0 Å². The first-order valence-corrected chi connectivity index (χ1v) is 7.76. The zero-order chi connectivity index (χ0) is 17.8. The number of nitrogens with one attached hydrogen (secondary N) is 1. The zero-order valence-electron chi connectivity index (χ0n) is 13.3. The minimum absolute atomic E-state index is 0.322. The van der Waals surface area contributed by atoms with Gasteiger partial charge >= 0.3 is 11.8 Å². The lowest BCUT2D eigenvalue weighted by molar-refractivity contribution is -0.143. The maximum Gasteiger partial charge on any atom is 0.314 e. The van der Waals surface area contributed by atoms with Gasteiger partial charge in [0.2, 0.25) is 0 Å². The van der Waals surface area contributed by atoms with Crippen molar-refractivity contribution in [2.24, 2.45) is 0 Å². The number of pyridine rings is 1. The van der Waals surface area contributed by atoms with Crippen molar-refractivity contribution in [2.45, 2.75) is 0 Å². The second-order valence-corrected chi connectivity index (χ2v) is 5.52. The molecule has 2 amide bonds. The average Bonchev–Trinajstić information content (AvgIpc) is 2.65. The van der Waals surface area contributed by atoms with Crippen LogP contribution in [-0.4, -0.2) is 47.9 Å². The van der Waals surface area contributed by atoms with E-state index in [-0.39, 0.29) is 0 Å². The normalized spacial score (nSPS) is 14.3. The van der Waals surface area contributed by atoms with Crippen LogP contribution in [0, 0.1) is 11.6 Å². The van der Waals surface area contributed by atoms with Crippen LogP contribution in [0.4, 0.5) is 20.3 Å². The van der Waals surface area contributed by atoms with Gasteiger partial charge in [0.25, 0.3) is 0 Å². The molecule has 1 fully saturated rings. The molecule has 0 radical (unpaired) electrons. The van der Waals surface area contributed by atoms with E-state index in [1.165, 1.54) is 11.0 Å². The average molecular weight is 346 g/mol. The maximum atomic E-state index is 13.6. The molecule has 1 aliphatic heterocycles. The summed E-state index contributed by atoms with van der Waals surface area (Å²) in [7, 11) is 0. The lowest BCUT2D eigenvalue weighted by atomic mass is 10.2. The standard InChI is InChI=1S/C17H16F2N4O2/c18-12-4-3-5-13(19)15(12)21-16(24)17(25)23-10-8-22(9-11-23)14-6-1-2-7-20-14/h1-7H,8-11H2,(H,21,24). The number of anilines is 2. The Hall–Kier alpha value is -3.03. The zero-order valence-corrected chi connectivity index (χ0v) is 13.3. The minimum Gasteiger partial charge on any atom is -0.353 e. The Morgan fingerprint density at radius 1 is 0.960 bits per heavy atom. The molecule has 3 rings (SSSR count). The predicted octanol–water partition coefficient (Wildman–Crippen LogP) is 1.65. The third-order valence-corrected chi connectivity index (χ3v) is 3.94. The minimum atomic E-state index is -1.06. The number of aromatic nitrogens is 1. The van der Waals surface area contributed by atoms with Crippen LogP contribution >= 0.6 is 0 Å². The Labute approximate surface area is 143 Å². The third-order valence-electron chi connectivity index (χ3n) is 3.94. The molecule has 8 heteroatoms. The number of carbonyl (C=O) groups is 2. The van der Waals surface area contributed by atoms with Crippen molar-refractivity contribution in [3.05, 3.63) is 54.2 Å². The van der Waals surface area contributed by atoms with E-state index in [4.69, 9.17) is 0 Å². The monoisotopic (exact) mass is 346 g/mol. The number of amides is 2. The van der Waals surface area contributed by atoms with E-state index in [0.717, 1.165) is 18.0 Å². The molecule has 2 heterocycles. The molecule has 1 saturated heterocycles. The van der Waals surface area contributed by atoms with Gasteiger partial charge in [-0.05, 0) is 24.3 Å². The number of nitrogens with zero attached hydrogens (tertiary/aromatic N) is 3. The molecule has 1 aromatic heterocycles. The molecule has 6 nitrogen and oxygen atoms in total. The van der Waals surface area contributed by atoms with Crippen molar-refractivity contribution < 1.29 is 18.4 Å². The van der Waals surface area contributed by atoms with Gasteiger partial charge in [-0.2, -0.15) is 0 Å². The molecule has 0 bridgehead atoms. The van der Waals surface area contributed by atoms with E-state index in [1.807, 2.05) is 28.4 Å². The fourth-order valence-corrected chi connectivity index (χ4v) is 2.61. The van der Waals surface area contributed by atoms with Gasteiger partial charge in [-0.3, -0.25) is 9.59 Å². The van der Waals surface area contributed by atoms with Gasteiger partial charge in [0.15, 0.2) is 0 Å². The number of hydrogen-bond acceptors (Lipinski definition) is 4. The molecule has 0 saturated carbocycles. The Kier molecular flexibility index (Phi) is 4.87. The number of piperazine rings is 1. The molecule has 1 aliphatic rings. The van der Waals surface area contributed by atoms with Gasteiger partial charge in [0, 0.05) is 32.4 Å². The van der Waals surface area contributed by atoms with Gasteiger partial charge in [0.05, 0.1) is 0 Å². The summed E-state index contributed by atoms with van der Waals surface area (Å²) in [6, 6.07) is 8.75. The summed E-state index contributed by atoms with van der Waals surface area (Å²) in [5.41, 5.74) is -0.618. The molecule has 130 valence electrons. The first kappa shape index (κ1) is 16.8. The second kappa shape index (κ2) is 7.25. The Morgan fingerprint density at radius 2 is 1.64 bits per heavy atom. The van der Waals surface area contributed by atoms with E-state index in [2.05, 4.69) is 4.98 Å². The molecule has 0 atom stereocenters. The SMILES string of the molecule is O=C(Nc1c(F)cccc1F)C(=O)N1CCN(c2ccccn2)CC1. The van der Waals surface area contributed by atoms with Gasteiger partial charge in [0.1, 0.15) is 23.1 Å². The smallest absolute Gasteiger partial charge is 0.314 e. The summed E-state index contributed by atoms with van der Waals surface area (Å²) in [5, 5.41) is 2.01. The largest absolute Gasteiger partial charge is 0.353 e. The summed E-state index contributed by atoms with van der Waals surface area (Å²) >= 11 is 0. The summed E-state index contributed by atoms with van der Waals surface area (Å²) < 4.78 is 27.1. The van der Waals surface area contributed by atoms with Crippen LogP contribution in [0.5, 0.6) is 0 Å². The molecular formula is C17H16F2N4O2. The summed E-state index contributed by atoms with van der Waals surface area (Å²) in [4.78, 5) is 31.8. The highest BCUT2D eigenvalue weighted by atomic mass is 19.1. The van der Waals surface area contributed by atoms with Crippen molar-refractivity contribution in [1.29, 1.82) is 0 Å². The molecule has 0 aliphatic carbocycles. The van der Waals surface area contributed by atoms with E-state index < -0.39 is 29.1 Å².